The molecule has 1 aliphatic rings. The number of ether oxygens (including phenoxy) is 1. The van der Waals surface area contributed by atoms with Crippen molar-refractivity contribution in [2.75, 3.05) is 0 Å². The van der Waals surface area contributed by atoms with Gasteiger partial charge in [-0.05, 0) is 31.0 Å². The number of carbonyl (C=O) groups excluding carboxylic acids is 1. The Hall–Kier alpha value is -3.22. The number of rotatable bonds is 6. The summed E-state index contributed by atoms with van der Waals surface area (Å²) in [5.74, 6) is 0.328. The monoisotopic (exact) mass is 336 g/mol. The summed E-state index contributed by atoms with van der Waals surface area (Å²) in [6.07, 6.45) is 6.85. The lowest BCUT2D eigenvalue weighted by molar-refractivity contribution is 0.0950. The Morgan fingerprint density at radius 1 is 1.24 bits per heavy atom. The van der Waals surface area contributed by atoms with Gasteiger partial charge in [-0.1, -0.05) is 11.2 Å². The molecular formula is C18H16N4O3. The Labute approximate surface area is 144 Å². The smallest absolute Gasteiger partial charge is 0.253 e. The fraction of sp³-hybridized carbons (Fsp3) is 0.222. The van der Waals surface area contributed by atoms with Crippen LogP contribution in [0.5, 0.6) is 5.88 Å². The average molecular weight is 336 g/mol. The first-order chi connectivity index (χ1) is 12.3. The maximum absolute atomic E-state index is 11.9. The number of carbonyl (C=O) groups is 1. The van der Waals surface area contributed by atoms with Gasteiger partial charge >= 0.3 is 0 Å². The van der Waals surface area contributed by atoms with E-state index in [-0.39, 0.29) is 12.5 Å². The molecule has 1 aliphatic carbocycles. The summed E-state index contributed by atoms with van der Waals surface area (Å²) in [4.78, 5) is 20.4. The van der Waals surface area contributed by atoms with Crippen LogP contribution in [0.25, 0.3) is 11.4 Å². The zero-order valence-corrected chi connectivity index (χ0v) is 13.4. The van der Waals surface area contributed by atoms with Crippen LogP contribution in [0.15, 0.2) is 53.5 Å². The molecule has 0 radical (unpaired) electrons. The van der Waals surface area contributed by atoms with Crippen LogP contribution < -0.4 is 10.1 Å². The third kappa shape index (κ3) is 3.65. The fourth-order valence-corrected chi connectivity index (χ4v) is 2.32. The Kier molecular flexibility index (Phi) is 4.12. The number of amides is 1. The largest absolute Gasteiger partial charge is 0.473 e. The van der Waals surface area contributed by atoms with Gasteiger partial charge in [-0.25, -0.2) is 4.98 Å². The highest BCUT2D eigenvalue weighted by molar-refractivity contribution is 5.94. The molecule has 7 nitrogen and oxygen atoms in total. The van der Waals surface area contributed by atoms with Crippen molar-refractivity contribution in [1.82, 2.24) is 20.4 Å². The van der Waals surface area contributed by atoms with Crippen LogP contribution in [0.4, 0.5) is 0 Å². The summed E-state index contributed by atoms with van der Waals surface area (Å²) in [6.45, 7) is 0.246. The molecule has 0 spiro atoms. The zero-order valence-electron chi connectivity index (χ0n) is 13.4. The van der Waals surface area contributed by atoms with Gasteiger partial charge in [0.2, 0.25) is 5.88 Å². The van der Waals surface area contributed by atoms with E-state index in [2.05, 4.69) is 20.4 Å². The van der Waals surface area contributed by atoms with Crippen molar-refractivity contribution >= 4 is 5.91 Å². The number of aromatic nitrogens is 3. The summed E-state index contributed by atoms with van der Waals surface area (Å²) < 4.78 is 10.7. The second kappa shape index (κ2) is 6.72. The van der Waals surface area contributed by atoms with E-state index in [0.717, 1.165) is 24.1 Å². The van der Waals surface area contributed by atoms with Gasteiger partial charge < -0.3 is 14.6 Å². The molecule has 3 heterocycles. The molecular weight excluding hydrogens is 320 g/mol. The third-order valence-corrected chi connectivity index (χ3v) is 3.84. The van der Waals surface area contributed by atoms with Crippen molar-refractivity contribution in [2.24, 2.45) is 0 Å². The normalized spacial score (nSPS) is 13.4. The predicted octanol–water partition coefficient (Wildman–Crippen LogP) is 2.60. The number of nitrogens with one attached hydrogen (secondary N) is 1. The van der Waals surface area contributed by atoms with Gasteiger partial charge in [-0.3, -0.25) is 9.78 Å². The first-order valence-electron chi connectivity index (χ1n) is 8.04. The lowest BCUT2D eigenvalue weighted by atomic mass is 10.2. The number of nitrogens with zero attached hydrogens (tertiary/aromatic N) is 3. The summed E-state index contributed by atoms with van der Waals surface area (Å²) >= 11 is 0. The molecule has 0 atom stereocenters. The summed E-state index contributed by atoms with van der Waals surface area (Å²) in [7, 11) is 0. The van der Waals surface area contributed by atoms with Gasteiger partial charge in [0.25, 0.3) is 5.91 Å². The van der Waals surface area contributed by atoms with Crippen LogP contribution in [-0.2, 0) is 6.61 Å². The van der Waals surface area contributed by atoms with Crippen molar-refractivity contribution < 1.29 is 14.1 Å². The van der Waals surface area contributed by atoms with Crippen LogP contribution in [0.1, 0.15) is 28.8 Å². The van der Waals surface area contributed by atoms with Crippen LogP contribution >= 0.6 is 0 Å². The molecule has 0 unspecified atom stereocenters. The van der Waals surface area contributed by atoms with Crippen LogP contribution in [0.2, 0.25) is 0 Å². The third-order valence-electron chi connectivity index (χ3n) is 3.84. The maximum Gasteiger partial charge on any atom is 0.253 e. The SMILES string of the molecule is O=C(NC1CC1)c1ccc(OCc2conc2-c2ccccn2)nc1. The van der Waals surface area contributed by atoms with Crippen LogP contribution in [0.3, 0.4) is 0 Å². The Morgan fingerprint density at radius 3 is 2.88 bits per heavy atom. The second-order valence-electron chi connectivity index (χ2n) is 5.82. The van der Waals surface area contributed by atoms with E-state index in [9.17, 15) is 4.79 Å². The molecule has 0 aliphatic heterocycles. The topological polar surface area (TPSA) is 90.1 Å². The van der Waals surface area contributed by atoms with E-state index in [0.29, 0.717) is 23.2 Å². The Balaban J connectivity index is 1.40. The van der Waals surface area contributed by atoms with Crippen LogP contribution in [-0.4, -0.2) is 27.1 Å². The Bertz CT molecular complexity index is 858. The molecule has 4 rings (SSSR count). The van der Waals surface area contributed by atoms with E-state index in [1.54, 1.807) is 18.3 Å². The van der Waals surface area contributed by atoms with E-state index >= 15 is 0 Å². The number of hydrogen-bond donors (Lipinski definition) is 1. The van der Waals surface area contributed by atoms with Crippen molar-refractivity contribution in [2.45, 2.75) is 25.5 Å². The molecule has 126 valence electrons. The quantitative estimate of drug-likeness (QED) is 0.744. The average Bonchev–Trinajstić information content (AvgIpc) is 3.34. The molecule has 3 aromatic rings. The molecule has 0 bridgehead atoms. The molecule has 3 aromatic heterocycles. The minimum atomic E-state index is -0.0991. The minimum Gasteiger partial charge on any atom is -0.473 e. The van der Waals surface area contributed by atoms with E-state index in [1.807, 2.05) is 18.2 Å². The molecule has 1 amide bonds. The standard InChI is InChI=1S/C18H16N4O3/c23-18(21-14-5-6-14)12-4-7-16(20-9-12)24-10-13-11-25-22-17(13)15-3-1-2-8-19-15/h1-4,7-9,11,14H,5-6,10H2,(H,21,23). The highest BCUT2D eigenvalue weighted by Gasteiger charge is 2.23. The summed E-state index contributed by atoms with van der Waals surface area (Å²) in [5, 5.41) is 6.90. The summed E-state index contributed by atoms with van der Waals surface area (Å²) in [6, 6.07) is 9.27. The van der Waals surface area contributed by atoms with Gasteiger partial charge in [-0.2, -0.15) is 0 Å². The maximum atomic E-state index is 11.9. The molecule has 1 N–H and O–H groups in total. The molecule has 1 saturated carbocycles. The van der Waals surface area contributed by atoms with Crippen molar-refractivity contribution in [3.63, 3.8) is 0 Å². The van der Waals surface area contributed by atoms with Crippen molar-refractivity contribution in [1.29, 1.82) is 0 Å². The molecule has 0 aromatic carbocycles. The highest BCUT2D eigenvalue weighted by atomic mass is 16.5. The predicted molar refractivity (Wildman–Crippen MR) is 88.8 cm³/mol. The summed E-state index contributed by atoms with van der Waals surface area (Å²) in [5.41, 5.74) is 2.66. The first kappa shape index (κ1) is 15.3. The van der Waals surface area contributed by atoms with Gasteiger partial charge in [0.1, 0.15) is 18.6 Å². The van der Waals surface area contributed by atoms with E-state index in [4.69, 9.17) is 9.26 Å². The van der Waals surface area contributed by atoms with Crippen LogP contribution in [0, 0.1) is 0 Å². The second-order valence-corrected chi connectivity index (χ2v) is 5.82. The van der Waals surface area contributed by atoms with Gasteiger partial charge in [-0.15, -0.1) is 0 Å². The molecule has 25 heavy (non-hydrogen) atoms. The molecule has 0 saturated heterocycles. The van der Waals surface area contributed by atoms with Gasteiger partial charge in [0, 0.05) is 24.5 Å². The lowest BCUT2D eigenvalue weighted by Gasteiger charge is -2.06. The minimum absolute atomic E-state index is 0.0991. The Morgan fingerprint density at radius 2 is 2.16 bits per heavy atom. The zero-order chi connectivity index (χ0) is 17.1. The van der Waals surface area contributed by atoms with E-state index < -0.39 is 0 Å². The van der Waals surface area contributed by atoms with Gasteiger partial charge in [0.05, 0.1) is 16.8 Å². The molecule has 7 heteroatoms. The lowest BCUT2D eigenvalue weighted by Crippen LogP contribution is -2.25. The van der Waals surface area contributed by atoms with Crippen molar-refractivity contribution in [3.05, 3.63) is 60.1 Å². The van der Waals surface area contributed by atoms with E-state index in [1.165, 1.54) is 12.5 Å². The number of hydrogen-bond acceptors (Lipinski definition) is 6. The fourth-order valence-electron chi connectivity index (χ4n) is 2.32. The number of pyridine rings is 2. The van der Waals surface area contributed by atoms with Gasteiger partial charge in [0.15, 0.2) is 0 Å². The molecule has 1 fully saturated rings. The van der Waals surface area contributed by atoms with Crippen molar-refractivity contribution in [3.8, 4) is 17.3 Å². The highest BCUT2D eigenvalue weighted by Crippen LogP contribution is 2.22. The first-order valence-corrected chi connectivity index (χ1v) is 8.04.